The minimum Gasteiger partial charge on any atom is -0.481 e. The molecule has 0 amide bonds. The Balaban J connectivity index is 2.02. The third kappa shape index (κ3) is 6.26. The molecule has 2 N–H and O–H groups in total. The molecule has 1 aliphatic heterocycles. The lowest BCUT2D eigenvalue weighted by atomic mass is 10.1. The molecule has 0 aromatic heterocycles. The van der Waals surface area contributed by atoms with E-state index in [1.54, 1.807) is 0 Å². The van der Waals surface area contributed by atoms with E-state index in [1.165, 1.54) is 0 Å². The van der Waals surface area contributed by atoms with Gasteiger partial charge in [-0.05, 0) is 25.7 Å². The van der Waals surface area contributed by atoms with Gasteiger partial charge in [0.25, 0.3) is 0 Å². The molecule has 1 aliphatic rings. The minimum atomic E-state index is -0.808. The van der Waals surface area contributed by atoms with E-state index >= 15 is 0 Å². The fourth-order valence-electron chi connectivity index (χ4n) is 2.16. The molecular formula is C12H20O5. The molecule has 17 heavy (non-hydrogen) atoms. The van der Waals surface area contributed by atoms with Crippen molar-refractivity contribution in [3.05, 3.63) is 0 Å². The summed E-state index contributed by atoms with van der Waals surface area (Å²) in [5.41, 5.74) is 0. The average Bonchev–Trinajstić information content (AvgIpc) is 2.63. The van der Waals surface area contributed by atoms with Gasteiger partial charge in [0.05, 0.1) is 18.6 Å². The first-order valence-electron chi connectivity index (χ1n) is 6.17. The van der Waals surface area contributed by atoms with E-state index in [2.05, 4.69) is 0 Å². The zero-order chi connectivity index (χ0) is 12.7. The third-order valence-electron chi connectivity index (χ3n) is 3.01. The van der Waals surface area contributed by atoms with Crippen molar-refractivity contribution in [2.75, 3.05) is 0 Å². The zero-order valence-corrected chi connectivity index (χ0v) is 9.93. The van der Waals surface area contributed by atoms with Gasteiger partial charge in [0.15, 0.2) is 0 Å². The predicted molar refractivity (Wildman–Crippen MR) is 60.9 cm³/mol. The van der Waals surface area contributed by atoms with E-state index in [0.29, 0.717) is 6.42 Å². The lowest BCUT2D eigenvalue weighted by Crippen LogP contribution is -2.14. The van der Waals surface area contributed by atoms with Crippen molar-refractivity contribution in [3.8, 4) is 0 Å². The molecule has 0 spiro atoms. The number of carboxylic acids is 2. The fourth-order valence-corrected chi connectivity index (χ4v) is 2.16. The number of hydrogen-bond acceptors (Lipinski definition) is 3. The number of carbonyl (C=O) groups is 2. The second-order valence-corrected chi connectivity index (χ2v) is 4.55. The molecule has 2 unspecified atom stereocenters. The summed E-state index contributed by atoms with van der Waals surface area (Å²) in [5, 5.41) is 17.1. The maximum Gasteiger partial charge on any atom is 0.305 e. The van der Waals surface area contributed by atoms with Crippen molar-refractivity contribution in [1.82, 2.24) is 0 Å². The van der Waals surface area contributed by atoms with Crippen LogP contribution in [0, 0.1) is 0 Å². The van der Waals surface area contributed by atoms with Gasteiger partial charge in [0, 0.05) is 6.42 Å². The smallest absolute Gasteiger partial charge is 0.305 e. The zero-order valence-electron chi connectivity index (χ0n) is 9.93. The van der Waals surface area contributed by atoms with Gasteiger partial charge in [-0.3, -0.25) is 9.59 Å². The van der Waals surface area contributed by atoms with E-state index in [4.69, 9.17) is 14.9 Å². The molecule has 98 valence electrons. The quantitative estimate of drug-likeness (QED) is 0.638. The summed E-state index contributed by atoms with van der Waals surface area (Å²) < 4.78 is 5.60. The Morgan fingerprint density at radius 3 is 2.35 bits per heavy atom. The molecule has 0 saturated carbocycles. The largest absolute Gasteiger partial charge is 0.481 e. The molecule has 0 radical (unpaired) electrons. The number of unbranched alkanes of at least 4 members (excludes halogenated alkanes) is 2. The highest BCUT2D eigenvalue weighted by atomic mass is 16.5. The van der Waals surface area contributed by atoms with Crippen LogP contribution in [0.3, 0.4) is 0 Å². The number of aliphatic carboxylic acids is 2. The van der Waals surface area contributed by atoms with Crippen molar-refractivity contribution in [1.29, 1.82) is 0 Å². The van der Waals surface area contributed by atoms with Crippen LogP contribution in [0.15, 0.2) is 0 Å². The van der Waals surface area contributed by atoms with Crippen molar-refractivity contribution in [2.45, 2.75) is 63.6 Å². The normalized spacial score (nSPS) is 23.8. The Morgan fingerprint density at radius 2 is 1.71 bits per heavy atom. The van der Waals surface area contributed by atoms with Crippen molar-refractivity contribution in [2.24, 2.45) is 0 Å². The highest BCUT2D eigenvalue weighted by Gasteiger charge is 2.26. The molecule has 1 heterocycles. The van der Waals surface area contributed by atoms with E-state index in [0.717, 1.165) is 32.1 Å². The van der Waals surface area contributed by atoms with Gasteiger partial charge in [-0.15, -0.1) is 0 Å². The molecular weight excluding hydrogens is 224 g/mol. The van der Waals surface area contributed by atoms with Crippen LogP contribution < -0.4 is 0 Å². The van der Waals surface area contributed by atoms with Crippen LogP contribution in [-0.4, -0.2) is 34.4 Å². The monoisotopic (exact) mass is 244 g/mol. The second kappa shape index (κ2) is 7.27. The van der Waals surface area contributed by atoms with Gasteiger partial charge in [0.1, 0.15) is 0 Å². The Bertz CT molecular complexity index is 264. The number of rotatable bonds is 8. The fraction of sp³-hybridized carbons (Fsp3) is 0.833. The molecule has 1 fully saturated rings. The van der Waals surface area contributed by atoms with Gasteiger partial charge < -0.3 is 14.9 Å². The van der Waals surface area contributed by atoms with Crippen LogP contribution in [0.2, 0.25) is 0 Å². The SMILES string of the molecule is O=C(O)CCCCCC1CCC(CC(=O)O)O1. The molecule has 0 bridgehead atoms. The highest BCUT2D eigenvalue weighted by molar-refractivity contribution is 5.67. The summed E-state index contributed by atoms with van der Waals surface area (Å²) >= 11 is 0. The first-order valence-corrected chi connectivity index (χ1v) is 6.17. The van der Waals surface area contributed by atoms with Crippen LogP contribution in [0.25, 0.3) is 0 Å². The Kier molecular flexibility index (Phi) is 5.97. The summed E-state index contributed by atoms with van der Waals surface area (Å²) in [5.74, 6) is -1.55. The Labute approximate surface area is 101 Å². The van der Waals surface area contributed by atoms with E-state index < -0.39 is 11.9 Å². The first kappa shape index (κ1) is 14.0. The Morgan fingerprint density at radius 1 is 1.00 bits per heavy atom. The molecule has 5 nitrogen and oxygen atoms in total. The summed E-state index contributed by atoms with van der Waals surface area (Å²) in [6.07, 6.45) is 5.59. The van der Waals surface area contributed by atoms with E-state index in [1.807, 2.05) is 0 Å². The molecule has 5 heteroatoms. The van der Waals surface area contributed by atoms with Gasteiger partial charge in [0.2, 0.25) is 0 Å². The third-order valence-corrected chi connectivity index (χ3v) is 3.01. The number of carboxylic acid groups (broad SMARTS) is 2. The molecule has 1 saturated heterocycles. The van der Waals surface area contributed by atoms with Crippen LogP contribution in [-0.2, 0) is 14.3 Å². The van der Waals surface area contributed by atoms with E-state index in [9.17, 15) is 9.59 Å². The lowest BCUT2D eigenvalue weighted by molar-refractivity contribution is -0.140. The highest BCUT2D eigenvalue weighted by Crippen LogP contribution is 2.25. The molecule has 2 atom stereocenters. The van der Waals surface area contributed by atoms with Gasteiger partial charge >= 0.3 is 11.9 Å². The molecule has 0 aliphatic carbocycles. The predicted octanol–water partition coefficient (Wildman–Crippen LogP) is 2.04. The summed E-state index contributed by atoms with van der Waals surface area (Å²) in [6, 6.07) is 0. The van der Waals surface area contributed by atoms with Crippen LogP contribution >= 0.6 is 0 Å². The van der Waals surface area contributed by atoms with Crippen LogP contribution in [0.1, 0.15) is 51.4 Å². The molecule has 0 aromatic carbocycles. The second-order valence-electron chi connectivity index (χ2n) is 4.55. The first-order chi connectivity index (χ1) is 8.08. The van der Waals surface area contributed by atoms with Crippen molar-refractivity contribution in [3.63, 3.8) is 0 Å². The number of hydrogen-bond donors (Lipinski definition) is 2. The van der Waals surface area contributed by atoms with Gasteiger partial charge in [-0.1, -0.05) is 12.8 Å². The number of ether oxygens (including phenoxy) is 1. The van der Waals surface area contributed by atoms with Crippen molar-refractivity contribution < 1.29 is 24.5 Å². The van der Waals surface area contributed by atoms with Gasteiger partial charge in [-0.25, -0.2) is 0 Å². The van der Waals surface area contributed by atoms with Crippen LogP contribution in [0.4, 0.5) is 0 Å². The lowest BCUT2D eigenvalue weighted by Gasteiger charge is -2.11. The van der Waals surface area contributed by atoms with E-state index in [-0.39, 0.29) is 25.0 Å². The summed E-state index contributed by atoms with van der Waals surface area (Å²) in [7, 11) is 0. The summed E-state index contributed by atoms with van der Waals surface area (Å²) in [4.78, 5) is 20.8. The molecule has 1 rings (SSSR count). The summed E-state index contributed by atoms with van der Waals surface area (Å²) in [6.45, 7) is 0. The van der Waals surface area contributed by atoms with Crippen molar-refractivity contribution >= 4 is 11.9 Å². The van der Waals surface area contributed by atoms with Gasteiger partial charge in [-0.2, -0.15) is 0 Å². The minimum absolute atomic E-state index is 0.0928. The Hall–Kier alpha value is -1.10. The standard InChI is InChI=1S/C12H20O5/c13-11(14)5-3-1-2-4-9-6-7-10(17-9)8-12(15)16/h9-10H,1-8H2,(H,13,14)(H,15,16). The maximum absolute atomic E-state index is 10.5. The van der Waals surface area contributed by atoms with Crippen LogP contribution in [0.5, 0.6) is 0 Å². The average molecular weight is 244 g/mol. The molecule has 0 aromatic rings. The topological polar surface area (TPSA) is 83.8 Å². The maximum atomic E-state index is 10.5.